The molecule has 1 aliphatic heterocycles. The van der Waals surface area contributed by atoms with Crippen molar-refractivity contribution in [3.05, 3.63) is 48.0 Å². The van der Waals surface area contributed by atoms with Gasteiger partial charge >= 0.3 is 5.97 Å². The Labute approximate surface area is 185 Å². The minimum absolute atomic E-state index is 0.209. The minimum Gasteiger partial charge on any atom is -0.497 e. The van der Waals surface area contributed by atoms with Crippen molar-refractivity contribution in [2.45, 2.75) is 21.5 Å². The summed E-state index contributed by atoms with van der Waals surface area (Å²) in [6, 6.07) is 12.0. The normalized spacial score (nSPS) is 18.2. The Bertz CT molecular complexity index is 1090. The van der Waals surface area contributed by atoms with Crippen molar-refractivity contribution in [3.8, 4) is 11.5 Å². The largest absolute Gasteiger partial charge is 0.497 e. The zero-order valence-corrected chi connectivity index (χ0v) is 18.2. The predicted molar refractivity (Wildman–Crippen MR) is 117 cm³/mol. The lowest BCUT2D eigenvalue weighted by Gasteiger charge is -2.11. The lowest BCUT2D eigenvalue weighted by Crippen LogP contribution is -2.26. The fraction of sp³-hybridized carbons (Fsp3) is 0.200. The van der Waals surface area contributed by atoms with E-state index in [2.05, 4.69) is 15.5 Å². The molecule has 1 aliphatic rings. The Morgan fingerprint density at radius 2 is 2.00 bits per heavy atom. The van der Waals surface area contributed by atoms with Gasteiger partial charge in [0.1, 0.15) is 16.7 Å². The van der Waals surface area contributed by atoms with E-state index in [-0.39, 0.29) is 11.6 Å². The molecule has 0 radical (unpaired) electrons. The van der Waals surface area contributed by atoms with Crippen molar-refractivity contribution in [2.75, 3.05) is 14.2 Å². The summed E-state index contributed by atoms with van der Waals surface area (Å²) in [6.45, 7) is 0. The lowest BCUT2D eigenvalue weighted by atomic mass is 10.2. The Morgan fingerprint density at radius 1 is 1.23 bits per heavy atom. The van der Waals surface area contributed by atoms with E-state index in [0.29, 0.717) is 26.9 Å². The summed E-state index contributed by atoms with van der Waals surface area (Å²) >= 11 is 1.00. The third kappa shape index (κ3) is 5.50. The minimum atomic E-state index is -1.59. The van der Waals surface area contributed by atoms with Gasteiger partial charge in [0.2, 0.25) is 5.91 Å². The molecule has 0 aromatic heterocycles. The fourth-order valence-corrected chi connectivity index (χ4v) is 4.94. The summed E-state index contributed by atoms with van der Waals surface area (Å²) in [4.78, 5) is 23.5. The number of carboxylic acids is 1. The molecular formula is C20H19N3O6S2. The smallest absolute Gasteiger partial charge is 0.305 e. The van der Waals surface area contributed by atoms with Gasteiger partial charge in [-0.2, -0.15) is 5.10 Å². The number of hydrogen-bond acceptors (Lipinski definition) is 8. The monoisotopic (exact) mass is 461 g/mol. The molecule has 0 bridgehead atoms. The first-order chi connectivity index (χ1) is 14.9. The van der Waals surface area contributed by atoms with Crippen LogP contribution in [-0.2, 0) is 20.4 Å². The maximum Gasteiger partial charge on any atom is 0.305 e. The molecule has 0 saturated carbocycles. The van der Waals surface area contributed by atoms with Crippen LogP contribution >= 0.6 is 11.8 Å². The standard InChI is InChI=1S/C20H19N3O6S2/c1-28-13-7-8-14(29-2)17(9-13)31(27)16-6-4-3-5-12(16)11-21-23-20-22-19(26)15(30-20)10-18(24)25/h3-9,11,15H,10H2,1-2H3,(H,24,25)(H,22,23,26). The van der Waals surface area contributed by atoms with Crippen molar-refractivity contribution in [1.29, 1.82) is 0 Å². The molecule has 2 atom stereocenters. The van der Waals surface area contributed by atoms with E-state index in [4.69, 9.17) is 14.6 Å². The zero-order chi connectivity index (χ0) is 22.4. The molecule has 3 rings (SSSR count). The summed E-state index contributed by atoms with van der Waals surface area (Å²) < 4.78 is 23.8. The zero-order valence-electron chi connectivity index (χ0n) is 16.6. The second-order valence-electron chi connectivity index (χ2n) is 6.17. The summed E-state index contributed by atoms with van der Waals surface area (Å²) in [5.41, 5.74) is 0.562. The highest BCUT2D eigenvalue weighted by Crippen LogP contribution is 2.31. The van der Waals surface area contributed by atoms with Crippen LogP contribution in [0.5, 0.6) is 11.5 Å². The van der Waals surface area contributed by atoms with Gasteiger partial charge in [-0.15, -0.1) is 5.10 Å². The van der Waals surface area contributed by atoms with Crippen molar-refractivity contribution in [1.82, 2.24) is 5.32 Å². The van der Waals surface area contributed by atoms with Gasteiger partial charge in [0.15, 0.2) is 5.17 Å². The average Bonchev–Trinajstić information content (AvgIpc) is 3.11. The first-order valence-electron chi connectivity index (χ1n) is 8.96. The van der Waals surface area contributed by atoms with Crippen LogP contribution in [0, 0.1) is 0 Å². The van der Waals surface area contributed by atoms with Gasteiger partial charge in [0.05, 0.1) is 47.4 Å². The number of thioether (sulfide) groups is 1. The van der Waals surface area contributed by atoms with Crippen molar-refractivity contribution in [2.24, 2.45) is 10.2 Å². The predicted octanol–water partition coefficient (Wildman–Crippen LogP) is 2.27. The van der Waals surface area contributed by atoms with Crippen molar-refractivity contribution < 1.29 is 28.4 Å². The van der Waals surface area contributed by atoms with Gasteiger partial charge in [-0.05, 0) is 18.2 Å². The number of carboxylic acid groups (broad SMARTS) is 1. The molecule has 2 aromatic carbocycles. The van der Waals surface area contributed by atoms with Crippen LogP contribution < -0.4 is 14.8 Å². The van der Waals surface area contributed by atoms with Gasteiger partial charge in [0.25, 0.3) is 0 Å². The molecule has 1 saturated heterocycles. The number of hydrogen-bond donors (Lipinski definition) is 2. The van der Waals surface area contributed by atoms with Gasteiger partial charge in [-0.3, -0.25) is 9.59 Å². The number of amides is 1. The first-order valence-corrected chi connectivity index (χ1v) is 11.0. The number of benzene rings is 2. The van der Waals surface area contributed by atoms with Crippen molar-refractivity contribution in [3.63, 3.8) is 0 Å². The first kappa shape index (κ1) is 22.5. The molecule has 1 heterocycles. The Kier molecular flexibility index (Phi) is 7.42. The van der Waals surface area contributed by atoms with Crippen LogP contribution in [0.3, 0.4) is 0 Å². The van der Waals surface area contributed by atoms with Crippen LogP contribution in [0.4, 0.5) is 0 Å². The molecular weight excluding hydrogens is 442 g/mol. The number of nitrogens with zero attached hydrogens (tertiary/aromatic N) is 2. The topological polar surface area (TPSA) is 127 Å². The second-order valence-corrected chi connectivity index (χ2v) is 8.78. The summed E-state index contributed by atoms with van der Waals surface area (Å²) in [6.07, 6.45) is 1.12. The number of methoxy groups -OCH3 is 2. The second kappa shape index (κ2) is 10.2. The highest BCUT2D eigenvalue weighted by atomic mass is 32.2. The summed E-state index contributed by atoms with van der Waals surface area (Å²) in [5, 5.41) is 18.7. The fourth-order valence-electron chi connectivity index (χ4n) is 2.69. The average molecular weight is 462 g/mol. The van der Waals surface area contributed by atoms with Crippen LogP contribution in [0.1, 0.15) is 12.0 Å². The van der Waals surface area contributed by atoms with E-state index in [0.717, 1.165) is 11.8 Å². The lowest BCUT2D eigenvalue weighted by molar-refractivity contribution is -0.138. The molecule has 11 heteroatoms. The van der Waals surface area contributed by atoms with Crippen LogP contribution in [0.25, 0.3) is 0 Å². The van der Waals surface area contributed by atoms with Gasteiger partial charge < -0.3 is 19.9 Å². The van der Waals surface area contributed by atoms with Crippen LogP contribution in [-0.4, -0.2) is 52.0 Å². The Balaban J connectivity index is 1.84. The van der Waals surface area contributed by atoms with Crippen LogP contribution in [0.2, 0.25) is 0 Å². The summed E-state index contributed by atoms with van der Waals surface area (Å²) in [5.74, 6) is -0.484. The molecule has 2 unspecified atom stereocenters. The highest BCUT2D eigenvalue weighted by Gasteiger charge is 2.32. The number of carbonyl (C=O) groups excluding carboxylic acids is 1. The maximum atomic E-state index is 13.3. The maximum absolute atomic E-state index is 13.3. The number of nitrogens with one attached hydrogen (secondary N) is 1. The van der Waals surface area contributed by atoms with Gasteiger partial charge in [0, 0.05) is 11.6 Å². The van der Waals surface area contributed by atoms with E-state index < -0.39 is 27.9 Å². The molecule has 2 N–H and O–H groups in total. The van der Waals surface area contributed by atoms with Crippen molar-refractivity contribution >= 4 is 45.8 Å². The number of rotatable bonds is 8. The van der Waals surface area contributed by atoms with E-state index in [9.17, 15) is 13.8 Å². The van der Waals surface area contributed by atoms with E-state index >= 15 is 0 Å². The molecule has 9 nitrogen and oxygen atoms in total. The van der Waals surface area contributed by atoms with E-state index in [1.54, 1.807) is 42.5 Å². The molecule has 162 valence electrons. The van der Waals surface area contributed by atoms with E-state index in [1.807, 2.05) is 0 Å². The molecule has 1 fully saturated rings. The highest BCUT2D eigenvalue weighted by molar-refractivity contribution is 8.15. The Morgan fingerprint density at radius 3 is 2.71 bits per heavy atom. The Hall–Kier alpha value is -3.18. The number of aliphatic carboxylic acids is 1. The third-order valence-electron chi connectivity index (χ3n) is 4.17. The quantitative estimate of drug-likeness (QED) is 0.456. The molecule has 0 spiro atoms. The molecule has 2 aromatic rings. The van der Waals surface area contributed by atoms with Gasteiger partial charge in [-0.1, -0.05) is 30.0 Å². The molecule has 0 aliphatic carbocycles. The SMILES string of the molecule is COc1ccc(OC)c(S(=O)c2ccccc2C=NN=C2NC(=O)C(CC(=O)O)S2)c1. The van der Waals surface area contributed by atoms with Gasteiger partial charge in [-0.25, -0.2) is 4.21 Å². The van der Waals surface area contributed by atoms with E-state index in [1.165, 1.54) is 20.4 Å². The van der Waals surface area contributed by atoms with Crippen LogP contribution in [0.15, 0.2) is 62.5 Å². The summed E-state index contributed by atoms with van der Waals surface area (Å²) in [7, 11) is 1.43. The number of carbonyl (C=O) groups is 2. The third-order valence-corrected chi connectivity index (χ3v) is 6.73. The number of amidine groups is 1. The number of ether oxygens (including phenoxy) is 2. The molecule has 1 amide bonds. The molecule has 31 heavy (non-hydrogen) atoms.